The third kappa shape index (κ3) is 0.893. The summed E-state index contributed by atoms with van der Waals surface area (Å²) in [5.41, 5.74) is 0.490. The second kappa shape index (κ2) is 2.73. The van der Waals surface area contributed by atoms with E-state index in [0.717, 1.165) is 0 Å². The molecule has 0 fully saturated rings. The van der Waals surface area contributed by atoms with Crippen molar-refractivity contribution in [1.29, 1.82) is 0 Å². The molecule has 72 valence electrons. The lowest BCUT2D eigenvalue weighted by atomic mass is 10.1. The maximum atomic E-state index is 11.8. The molecule has 1 aliphatic rings. The minimum absolute atomic E-state index is 0.0493. The average Bonchev–Trinajstić information content (AvgIpc) is 2.43. The van der Waals surface area contributed by atoms with Gasteiger partial charge in [-0.05, 0) is 19.1 Å². The molecule has 0 bridgehead atoms. The van der Waals surface area contributed by atoms with Crippen molar-refractivity contribution < 1.29 is 14.2 Å². The summed E-state index contributed by atoms with van der Waals surface area (Å²) in [4.78, 5) is 23.2. The largest absolute Gasteiger partial charge is 0.617 e. The standard InChI is InChI=1S/C10H9NO3/c1-2-11(14)9(12)7-5-3-4-6-8(7)10(11)13/h3-6H,2H2,1H3. The number of carbonyl (C=O) groups is 2. The smallest absolute Gasteiger partial charge is 0.354 e. The van der Waals surface area contributed by atoms with Gasteiger partial charge in [-0.15, -0.1) is 0 Å². The predicted octanol–water partition coefficient (Wildman–Crippen LogP) is 1.32. The summed E-state index contributed by atoms with van der Waals surface area (Å²) in [6.45, 7) is 1.49. The van der Waals surface area contributed by atoms with Gasteiger partial charge in [0.1, 0.15) is 0 Å². The van der Waals surface area contributed by atoms with E-state index >= 15 is 0 Å². The Bertz CT molecular complexity index is 390. The van der Waals surface area contributed by atoms with Gasteiger partial charge in [0.15, 0.2) is 0 Å². The fourth-order valence-corrected chi connectivity index (χ4v) is 1.62. The van der Waals surface area contributed by atoms with Crippen LogP contribution in [0.1, 0.15) is 27.6 Å². The van der Waals surface area contributed by atoms with Crippen molar-refractivity contribution in [1.82, 2.24) is 0 Å². The number of hydrogen-bond donors (Lipinski definition) is 0. The molecule has 0 unspecified atom stereocenters. The number of rotatable bonds is 1. The fourth-order valence-electron chi connectivity index (χ4n) is 1.62. The summed E-state index contributed by atoms with van der Waals surface area (Å²) in [7, 11) is 0. The van der Waals surface area contributed by atoms with Gasteiger partial charge in [-0.25, -0.2) is 14.2 Å². The van der Waals surface area contributed by atoms with Gasteiger partial charge in [0.05, 0.1) is 17.7 Å². The van der Waals surface area contributed by atoms with E-state index in [1.165, 1.54) is 19.1 Å². The third-order valence-corrected chi connectivity index (χ3v) is 2.49. The van der Waals surface area contributed by atoms with Crippen LogP contribution in [0.25, 0.3) is 0 Å². The van der Waals surface area contributed by atoms with Crippen molar-refractivity contribution in [3.05, 3.63) is 40.6 Å². The van der Waals surface area contributed by atoms with Gasteiger partial charge >= 0.3 is 11.8 Å². The lowest BCUT2D eigenvalue weighted by Crippen LogP contribution is -2.46. The average molecular weight is 191 g/mol. The van der Waals surface area contributed by atoms with E-state index in [1.54, 1.807) is 12.1 Å². The fraction of sp³-hybridized carbons (Fsp3) is 0.200. The molecule has 1 aromatic carbocycles. The van der Waals surface area contributed by atoms with Gasteiger partial charge in [0.25, 0.3) is 0 Å². The molecule has 0 N–H and O–H groups in total. The highest BCUT2D eigenvalue weighted by molar-refractivity contribution is 6.13. The number of hydrogen-bond acceptors (Lipinski definition) is 3. The minimum atomic E-state index is -1.38. The summed E-state index contributed by atoms with van der Waals surface area (Å²) in [6.07, 6.45) is 0. The Morgan fingerprint density at radius 1 is 1.14 bits per heavy atom. The molecular weight excluding hydrogens is 182 g/mol. The predicted molar refractivity (Wildman–Crippen MR) is 49.3 cm³/mol. The summed E-state index contributed by atoms with van der Waals surface area (Å²) < 4.78 is -1.38. The topological polar surface area (TPSA) is 57.2 Å². The molecule has 1 heterocycles. The second-order valence-corrected chi connectivity index (χ2v) is 3.21. The molecule has 1 aliphatic heterocycles. The molecule has 1 aromatic rings. The van der Waals surface area contributed by atoms with Crippen LogP contribution in [-0.2, 0) is 0 Å². The maximum absolute atomic E-state index is 11.8. The van der Waals surface area contributed by atoms with Crippen molar-refractivity contribution in [2.45, 2.75) is 6.92 Å². The Balaban J connectivity index is 2.65. The van der Waals surface area contributed by atoms with E-state index < -0.39 is 16.5 Å². The molecule has 0 saturated heterocycles. The van der Waals surface area contributed by atoms with E-state index in [9.17, 15) is 14.8 Å². The Morgan fingerprint density at radius 2 is 1.57 bits per heavy atom. The van der Waals surface area contributed by atoms with Crippen molar-refractivity contribution in [3.8, 4) is 0 Å². The molecule has 0 radical (unpaired) electrons. The zero-order valence-electron chi connectivity index (χ0n) is 7.69. The quantitative estimate of drug-likeness (QED) is 0.382. The SMILES string of the molecule is CC[N+]1([O-])C(=O)c2ccccc2C1=O. The van der Waals surface area contributed by atoms with Crippen LogP contribution in [0.4, 0.5) is 0 Å². The highest BCUT2D eigenvalue weighted by Gasteiger charge is 2.46. The lowest BCUT2D eigenvalue weighted by Gasteiger charge is -2.30. The number of benzene rings is 1. The van der Waals surface area contributed by atoms with Gasteiger partial charge < -0.3 is 5.21 Å². The van der Waals surface area contributed by atoms with Gasteiger partial charge in [-0.3, -0.25) is 0 Å². The number of imide groups is 1. The van der Waals surface area contributed by atoms with E-state index in [4.69, 9.17) is 0 Å². The summed E-state index contributed by atoms with van der Waals surface area (Å²) in [5.74, 6) is -1.29. The Kier molecular flexibility index (Phi) is 1.77. The zero-order valence-corrected chi connectivity index (χ0v) is 7.69. The molecular formula is C10H9NO3. The van der Waals surface area contributed by atoms with Crippen molar-refractivity contribution >= 4 is 11.8 Å². The van der Waals surface area contributed by atoms with Crippen LogP contribution in [0, 0.1) is 5.21 Å². The van der Waals surface area contributed by atoms with Gasteiger partial charge in [0, 0.05) is 0 Å². The Labute approximate surface area is 80.9 Å². The molecule has 2 rings (SSSR count). The highest BCUT2D eigenvalue weighted by atomic mass is 16.6. The molecule has 4 nitrogen and oxygen atoms in total. The first-order chi connectivity index (χ1) is 6.61. The van der Waals surface area contributed by atoms with Gasteiger partial charge in [-0.1, -0.05) is 12.1 Å². The van der Waals surface area contributed by atoms with Gasteiger partial charge in [0.2, 0.25) is 0 Å². The monoisotopic (exact) mass is 191 g/mol. The van der Waals surface area contributed by atoms with Crippen molar-refractivity contribution in [3.63, 3.8) is 0 Å². The third-order valence-electron chi connectivity index (χ3n) is 2.49. The van der Waals surface area contributed by atoms with Crippen LogP contribution < -0.4 is 0 Å². The number of hydroxylamine groups is 3. The summed E-state index contributed by atoms with van der Waals surface area (Å²) >= 11 is 0. The first kappa shape index (κ1) is 9.05. The summed E-state index contributed by atoms with van der Waals surface area (Å²) in [6, 6.07) is 6.33. The van der Waals surface area contributed by atoms with E-state index in [0.29, 0.717) is 0 Å². The maximum Gasteiger partial charge on any atom is 0.354 e. The van der Waals surface area contributed by atoms with Crippen LogP contribution in [0.2, 0.25) is 0 Å². The molecule has 0 saturated carbocycles. The molecule has 4 heteroatoms. The van der Waals surface area contributed by atoms with E-state index in [1.807, 2.05) is 0 Å². The highest BCUT2D eigenvalue weighted by Crippen LogP contribution is 2.28. The molecule has 0 aromatic heterocycles. The molecule has 14 heavy (non-hydrogen) atoms. The summed E-state index contributed by atoms with van der Waals surface area (Å²) in [5, 5.41) is 11.8. The van der Waals surface area contributed by atoms with Crippen LogP contribution in [0.3, 0.4) is 0 Å². The first-order valence-corrected chi connectivity index (χ1v) is 4.39. The zero-order chi connectivity index (χ0) is 10.3. The number of fused-ring (bicyclic) bond motifs is 1. The van der Waals surface area contributed by atoms with Crippen LogP contribution in [0.15, 0.2) is 24.3 Å². The Morgan fingerprint density at radius 3 is 1.93 bits per heavy atom. The molecule has 0 atom stereocenters. The normalized spacial score (nSPS) is 18.4. The molecule has 0 spiro atoms. The number of amides is 2. The number of carbonyl (C=O) groups excluding carboxylic acids is 2. The van der Waals surface area contributed by atoms with Crippen LogP contribution in [-0.4, -0.2) is 23.0 Å². The number of nitrogens with zero attached hydrogens (tertiary/aromatic N) is 1. The molecule has 2 amide bonds. The first-order valence-electron chi connectivity index (χ1n) is 4.39. The van der Waals surface area contributed by atoms with Crippen molar-refractivity contribution in [2.75, 3.05) is 6.54 Å². The lowest BCUT2D eigenvalue weighted by molar-refractivity contribution is -0.705. The van der Waals surface area contributed by atoms with Crippen LogP contribution in [0.5, 0.6) is 0 Å². The van der Waals surface area contributed by atoms with E-state index in [-0.39, 0.29) is 17.7 Å². The van der Waals surface area contributed by atoms with Gasteiger partial charge in [-0.2, -0.15) is 0 Å². The van der Waals surface area contributed by atoms with E-state index in [2.05, 4.69) is 0 Å². The van der Waals surface area contributed by atoms with Crippen LogP contribution >= 0.6 is 0 Å². The molecule has 0 aliphatic carbocycles. The second-order valence-electron chi connectivity index (χ2n) is 3.21. The minimum Gasteiger partial charge on any atom is -0.617 e. The van der Waals surface area contributed by atoms with Crippen molar-refractivity contribution in [2.24, 2.45) is 0 Å². The Hall–Kier alpha value is -1.52. The number of quaternary nitrogens is 1.